The quantitative estimate of drug-likeness (QED) is 0.478. The van der Waals surface area contributed by atoms with Gasteiger partial charge in [0.2, 0.25) is 0 Å². The van der Waals surface area contributed by atoms with Gasteiger partial charge >= 0.3 is 5.97 Å². The molecule has 0 amide bonds. The summed E-state index contributed by atoms with van der Waals surface area (Å²) in [7, 11) is 0. The Hall–Kier alpha value is -2.42. The number of aliphatic carboxylic acids is 1. The van der Waals surface area contributed by atoms with E-state index in [4.69, 9.17) is 5.11 Å². The van der Waals surface area contributed by atoms with Gasteiger partial charge in [0, 0.05) is 0 Å². The molecule has 3 nitrogen and oxygen atoms in total. The van der Waals surface area contributed by atoms with E-state index in [1.807, 2.05) is 42.5 Å². The van der Waals surface area contributed by atoms with Gasteiger partial charge in [-0.15, -0.1) is 0 Å². The number of hydrogen-bond acceptors (Lipinski definition) is 2. The van der Waals surface area contributed by atoms with Gasteiger partial charge in [0.1, 0.15) is 0 Å². The van der Waals surface area contributed by atoms with E-state index >= 15 is 0 Å². The second-order valence-corrected chi connectivity index (χ2v) is 3.18. The maximum absolute atomic E-state index is 10.7. The van der Waals surface area contributed by atoms with Crippen LogP contribution in [0.2, 0.25) is 0 Å². The average Bonchev–Trinajstić information content (AvgIpc) is 2.34. The number of hydrogen-bond donors (Lipinski definition) is 1. The maximum Gasteiger partial charge on any atom is 0.376 e. The molecule has 1 aromatic carbocycles. The first-order chi connectivity index (χ1) is 8.20. The van der Waals surface area contributed by atoms with Crippen molar-refractivity contribution < 1.29 is 14.7 Å². The second-order valence-electron chi connectivity index (χ2n) is 3.18. The summed E-state index contributed by atoms with van der Waals surface area (Å²) >= 11 is 0. The standard InChI is InChI=1S/C14H12O3/c15-13(14(16)17)11-7-2-1-4-8-12-9-5-3-6-10-12/h1-11H,(H,16,17). The zero-order valence-electron chi connectivity index (χ0n) is 9.11. The normalized spacial score (nSPS) is 11.5. The Morgan fingerprint density at radius 2 is 1.59 bits per heavy atom. The van der Waals surface area contributed by atoms with Crippen molar-refractivity contribution >= 4 is 17.8 Å². The fourth-order valence-electron chi connectivity index (χ4n) is 1.07. The Labute approximate surface area is 99.4 Å². The molecule has 0 aliphatic rings. The molecule has 0 fully saturated rings. The molecule has 0 heterocycles. The summed E-state index contributed by atoms with van der Waals surface area (Å²) in [6.45, 7) is 0. The van der Waals surface area contributed by atoms with Crippen LogP contribution in [0.4, 0.5) is 0 Å². The van der Waals surface area contributed by atoms with Gasteiger partial charge in [0.05, 0.1) is 0 Å². The Kier molecular flexibility index (Phi) is 5.17. The first kappa shape index (κ1) is 12.6. The fraction of sp³-hybridized carbons (Fsp3) is 0. The van der Waals surface area contributed by atoms with E-state index in [2.05, 4.69) is 0 Å². The highest BCUT2D eigenvalue weighted by Gasteiger charge is 2.03. The number of carbonyl (C=O) groups is 2. The van der Waals surface area contributed by atoms with Gasteiger partial charge in [-0.05, 0) is 11.6 Å². The second kappa shape index (κ2) is 6.95. The minimum atomic E-state index is -1.45. The molecular weight excluding hydrogens is 216 g/mol. The van der Waals surface area contributed by atoms with E-state index in [1.165, 1.54) is 6.08 Å². The van der Waals surface area contributed by atoms with Gasteiger partial charge in [-0.1, -0.05) is 60.7 Å². The van der Waals surface area contributed by atoms with Gasteiger partial charge < -0.3 is 5.11 Å². The maximum atomic E-state index is 10.7. The smallest absolute Gasteiger partial charge is 0.376 e. The van der Waals surface area contributed by atoms with E-state index in [9.17, 15) is 9.59 Å². The first-order valence-corrected chi connectivity index (χ1v) is 5.04. The zero-order chi connectivity index (χ0) is 12.5. The van der Waals surface area contributed by atoms with Crippen LogP contribution in [-0.4, -0.2) is 16.9 Å². The number of allylic oxidation sites excluding steroid dienone is 4. The molecule has 0 saturated carbocycles. The van der Waals surface area contributed by atoms with Gasteiger partial charge in [-0.25, -0.2) is 4.79 Å². The topological polar surface area (TPSA) is 54.4 Å². The van der Waals surface area contributed by atoms with Crippen molar-refractivity contribution in [3.05, 3.63) is 66.3 Å². The number of benzene rings is 1. The molecule has 17 heavy (non-hydrogen) atoms. The zero-order valence-corrected chi connectivity index (χ0v) is 9.11. The summed E-state index contributed by atoms with van der Waals surface area (Å²) in [5.41, 5.74) is 1.07. The highest BCUT2D eigenvalue weighted by molar-refractivity contribution is 6.37. The molecule has 0 saturated heterocycles. The van der Waals surface area contributed by atoms with Crippen molar-refractivity contribution in [1.29, 1.82) is 0 Å². The van der Waals surface area contributed by atoms with E-state index in [0.717, 1.165) is 11.6 Å². The summed E-state index contributed by atoms with van der Waals surface area (Å²) in [6.07, 6.45) is 9.44. The molecule has 0 atom stereocenters. The molecule has 0 bridgehead atoms. The fourth-order valence-corrected chi connectivity index (χ4v) is 1.07. The number of rotatable bonds is 5. The predicted octanol–water partition coefficient (Wildman–Crippen LogP) is 2.47. The van der Waals surface area contributed by atoms with Crippen LogP contribution in [0.25, 0.3) is 6.08 Å². The third-order valence-electron chi connectivity index (χ3n) is 1.88. The van der Waals surface area contributed by atoms with E-state index in [0.29, 0.717) is 0 Å². The molecule has 1 N–H and O–H groups in total. The highest BCUT2D eigenvalue weighted by atomic mass is 16.4. The monoisotopic (exact) mass is 228 g/mol. The van der Waals surface area contributed by atoms with Crippen molar-refractivity contribution in [2.75, 3.05) is 0 Å². The SMILES string of the molecule is O=C(O)C(=O)C=CC=CC=Cc1ccccc1. The lowest BCUT2D eigenvalue weighted by Crippen LogP contribution is -2.08. The van der Waals surface area contributed by atoms with Crippen LogP contribution in [0.3, 0.4) is 0 Å². The van der Waals surface area contributed by atoms with Crippen LogP contribution in [-0.2, 0) is 9.59 Å². The third kappa shape index (κ3) is 5.28. The molecule has 1 rings (SSSR count). The number of ketones is 1. The molecule has 1 aromatic rings. The van der Waals surface area contributed by atoms with Crippen molar-refractivity contribution in [3.63, 3.8) is 0 Å². The van der Waals surface area contributed by atoms with Crippen molar-refractivity contribution in [2.45, 2.75) is 0 Å². The lowest BCUT2D eigenvalue weighted by molar-refractivity contribution is -0.146. The minimum Gasteiger partial charge on any atom is -0.475 e. The molecule has 0 aliphatic carbocycles. The average molecular weight is 228 g/mol. The predicted molar refractivity (Wildman–Crippen MR) is 66.4 cm³/mol. The third-order valence-corrected chi connectivity index (χ3v) is 1.88. The van der Waals surface area contributed by atoms with Crippen LogP contribution in [0.15, 0.2) is 60.7 Å². The lowest BCUT2D eigenvalue weighted by Gasteiger charge is -1.87. The van der Waals surface area contributed by atoms with Crippen LogP contribution < -0.4 is 0 Å². The molecule has 3 heteroatoms. The van der Waals surface area contributed by atoms with Crippen molar-refractivity contribution in [3.8, 4) is 0 Å². The molecule has 86 valence electrons. The van der Waals surface area contributed by atoms with Crippen molar-refractivity contribution in [1.82, 2.24) is 0 Å². The Morgan fingerprint density at radius 3 is 2.24 bits per heavy atom. The molecule has 0 unspecified atom stereocenters. The molecule has 0 spiro atoms. The number of carboxylic acid groups (broad SMARTS) is 1. The van der Waals surface area contributed by atoms with Crippen molar-refractivity contribution in [2.24, 2.45) is 0 Å². The van der Waals surface area contributed by atoms with Gasteiger partial charge in [0.25, 0.3) is 5.78 Å². The summed E-state index contributed by atoms with van der Waals surface area (Å²) in [4.78, 5) is 20.8. The van der Waals surface area contributed by atoms with E-state index in [-0.39, 0.29) is 0 Å². The molecular formula is C14H12O3. The Bertz CT molecular complexity index is 468. The van der Waals surface area contributed by atoms with Crippen LogP contribution in [0, 0.1) is 0 Å². The van der Waals surface area contributed by atoms with Crippen LogP contribution in [0.5, 0.6) is 0 Å². The van der Waals surface area contributed by atoms with Gasteiger partial charge in [-0.2, -0.15) is 0 Å². The van der Waals surface area contributed by atoms with E-state index in [1.54, 1.807) is 12.2 Å². The number of carbonyl (C=O) groups excluding carboxylic acids is 1. The van der Waals surface area contributed by atoms with Crippen LogP contribution in [0.1, 0.15) is 5.56 Å². The minimum absolute atomic E-state index is 0.929. The molecule has 0 aromatic heterocycles. The number of carboxylic acids is 1. The summed E-state index contributed by atoms with van der Waals surface area (Å²) < 4.78 is 0. The summed E-state index contributed by atoms with van der Waals surface area (Å²) in [5.74, 6) is -2.38. The summed E-state index contributed by atoms with van der Waals surface area (Å²) in [5, 5.41) is 8.29. The summed E-state index contributed by atoms with van der Waals surface area (Å²) in [6, 6.07) is 9.75. The highest BCUT2D eigenvalue weighted by Crippen LogP contribution is 2.00. The van der Waals surface area contributed by atoms with E-state index < -0.39 is 11.8 Å². The Morgan fingerprint density at radius 1 is 0.941 bits per heavy atom. The van der Waals surface area contributed by atoms with Gasteiger partial charge in [0.15, 0.2) is 0 Å². The Balaban J connectivity index is 2.44. The lowest BCUT2D eigenvalue weighted by atomic mass is 10.2. The first-order valence-electron chi connectivity index (χ1n) is 5.04. The van der Waals surface area contributed by atoms with Crippen LogP contribution >= 0.6 is 0 Å². The van der Waals surface area contributed by atoms with Gasteiger partial charge in [-0.3, -0.25) is 4.79 Å². The molecule has 0 radical (unpaired) electrons. The molecule has 0 aliphatic heterocycles. The largest absolute Gasteiger partial charge is 0.475 e.